The summed E-state index contributed by atoms with van der Waals surface area (Å²) in [5.74, 6) is -0.113. The molecule has 0 spiro atoms. The molecule has 0 saturated carbocycles. The van der Waals surface area contributed by atoms with E-state index in [0.29, 0.717) is 0 Å². The molecule has 2 rings (SSSR count). The van der Waals surface area contributed by atoms with Gasteiger partial charge in [-0.05, 0) is 24.5 Å². The average molecular weight is 220 g/mol. The van der Waals surface area contributed by atoms with Gasteiger partial charge in [-0.25, -0.2) is 0 Å². The molecule has 86 valence electrons. The van der Waals surface area contributed by atoms with Crippen LogP contribution in [0.2, 0.25) is 0 Å². The van der Waals surface area contributed by atoms with Crippen molar-refractivity contribution >= 4 is 5.97 Å². The van der Waals surface area contributed by atoms with Gasteiger partial charge in [0.2, 0.25) is 0 Å². The van der Waals surface area contributed by atoms with E-state index < -0.39 is 0 Å². The molecule has 0 bridgehead atoms. The lowest BCUT2D eigenvalue weighted by molar-refractivity contribution is -0.151. The maximum absolute atomic E-state index is 11.3. The summed E-state index contributed by atoms with van der Waals surface area (Å²) >= 11 is 0. The van der Waals surface area contributed by atoms with Crippen LogP contribution in [-0.2, 0) is 16.0 Å². The molecule has 4 heteroatoms. The quantitative estimate of drug-likeness (QED) is 0.706. The Bertz CT molecular complexity index is 353. The molecule has 16 heavy (non-hydrogen) atoms. The number of carbonyl (C=O) groups excluding carboxylic acids is 1. The standard InChI is InChI=1S/C12H16N2O2/c1-16-12(15)11-5-8-14(11)7-4-10-3-2-6-13-9-10/h2-3,6,9,11H,4-5,7-8H2,1H3. The summed E-state index contributed by atoms with van der Waals surface area (Å²) in [6.07, 6.45) is 5.48. The summed E-state index contributed by atoms with van der Waals surface area (Å²) in [6.45, 7) is 1.88. The Labute approximate surface area is 95.2 Å². The van der Waals surface area contributed by atoms with Gasteiger partial charge in [0.15, 0.2) is 0 Å². The summed E-state index contributed by atoms with van der Waals surface area (Å²) in [5, 5.41) is 0. The number of aromatic nitrogens is 1. The first-order valence-corrected chi connectivity index (χ1v) is 5.52. The Balaban J connectivity index is 1.81. The van der Waals surface area contributed by atoms with Gasteiger partial charge in [-0.1, -0.05) is 6.07 Å². The molecule has 0 radical (unpaired) electrons. The van der Waals surface area contributed by atoms with E-state index in [4.69, 9.17) is 4.74 Å². The summed E-state index contributed by atoms with van der Waals surface area (Å²) in [7, 11) is 1.44. The van der Waals surface area contributed by atoms with E-state index in [1.165, 1.54) is 12.7 Å². The minimum absolute atomic E-state index is 0.0262. The molecule has 0 amide bonds. The summed E-state index contributed by atoms with van der Waals surface area (Å²) in [6, 6.07) is 3.96. The number of ether oxygens (including phenoxy) is 1. The Hall–Kier alpha value is -1.42. The van der Waals surface area contributed by atoms with Gasteiger partial charge in [-0.15, -0.1) is 0 Å². The van der Waals surface area contributed by atoms with Crippen LogP contribution in [-0.4, -0.2) is 42.1 Å². The van der Waals surface area contributed by atoms with Crippen LogP contribution in [0.4, 0.5) is 0 Å². The van der Waals surface area contributed by atoms with E-state index in [0.717, 1.165) is 25.9 Å². The first kappa shape index (κ1) is 11.1. The summed E-state index contributed by atoms with van der Waals surface area (Å²) in [5.41, 5.74) is 1.21. The monoisotopic (exact) mass is 220 g/mol. The number of nitrogens with zero attached hydrogens (tertiary/aromatic N) is 2. The number of pyridine rings is 1. The van der Waals surface area contributed by atoms with E-state index in [2.05, 4.69) is 16.0 Å². The first-order valence-electron chi connectivity index (χ1n) is 5.52. The topological polar surface area (TPSA) is 42.4 Å². The number of rotatable bonds is 4. The smallest absolute Gasteiger partial charge is 0.323 e. The Morgan fingerprint density at radius 1 is 1.69 bits per heavy atom. The Morgan fingerprint density at radius 3 is 3.12 bits per heavy atom. The van der Waals surface area contributed by atoms with Gasteiger partial charge in [0.1, 0.15) is 6.04 Å². The van der Waals surface area contributed by atoms with Crippen LogP contribution < -0.4 is 0 Å². The van der Waals surface area contributed by atoms with Crippen LogP contribution in [0.5, 0.6) is 0 Å². The molecule has 1 aliphatic heterocycles. The molecule has 1 aromatic heterocycles. The second-order valence-electron chi connectivity index (χ2n) is 3.97. The second-order valence-corrected chi connectivity index (χ2v) is 3.97. The van der Waals surface area contributed by atoms with E-state index in [-0.39, 0.29) is 12.0 Å². The Morgan fingerprint density at radius 2 is 2.56 bits per heavy atom. The predicted octanol–water partition coefficient (Wildman–Crippen LogP) is 0.871. The van der Waals surface area contributed by atoms with Gasteiger partial charge in [-0.2, -0.15) is 0 Å². The fraction of sp³-hybridized carbons (Fsp3) is 0.500. The second kappa shape index (κ2) is 5.07. The minimum atomic E-state index is -0.113. The molecule has 1 fully saturated rings. The highest BCUT2D eigenvalue weighted by Gasteiger charge is 2.34. The maximum atomic E-state index is 11.3. The molecule has 1 atom stereocenters. The third-order valence-corrected chi connectivity index (χ3v) is 3.01. The minimum Gasteiger partial charge on any atom is -0.468 e. The number of likely N-dealkylation sites (tertiary alicyclic amines) is 1. The highest BCUT2D eigenvalue weighted by atomic mass is 16.5. The van der Waals surface area contributed by atoms with Crippen LogP contribution in [0.3, 0.4) is 0 Å². The molecule has 1 aromatic rings. The van der Waals surface area contributed by atoms with Crippen molar-refractivity contribution in [3.05, 3.63) is 30.1 Å². The lowest BCUT2D eigenvalue weighted by Gasteiger charge is -2.38. The molecule has 4 nitrogen and oxygen atoms in total. The predicted molar refractivity (Wildman–Crippen MR) is 59.9 cm³/mol. The number of hydrogen-bond donors (Lipinski definition) is 0. The van der Waals surface area contributed by atoms with Gasteiger partial charge in [-0.3, -0.25) is 14.7 Å². The number of carbonyl (C=O) groups is 1. The van der Waals surface area contributed by atoms with Crippen LogP contribution in [0.25, 0.3) is 0 Å². The van der Waals surface area contributed by atoms with Gasteiger partial charge < -0.3 is 4.74 Å². The molecule has 1 aliphatic rings. The summed E-state index contributed by atoms with van der Waals surface area (Å²) in [4.78, 5) is 17.6. The number of hydrogen-bond acceptors (Lipinski definition) is 4. The fourth-order valence-electron chi connectivity index (χ4n) is 1.93. The third-order valence-electron chi connectivity index (χ3n) is 3.01. The van der Waals surface area contributed by atoms with Crippen LogP contribution in [0.1, 0.15) is 12.0 Å². The molecule has 1 saturated heterocycles. The lowest BCUT2D eigenvalue weighted by atomic mass is 10.0. The van der Waals surface area contributed by atoms with Gasteiger partial charge in [0.25, 0.3) is 0 Å². The lowest BCUT2D eigenvalue weighted by Crippen LogP contribution is -2.53. The van der Waals surface area contributed by atoms with E-state index in [1.54, 1.807) is 6.20 Å². The number of esters is 1. The van der Waals surface area contributed by atoms with Gasteiger partial charge in [0, 0.05) is 25.5 Å². The third kappa shape index (κ3) is 2.39. The van der Waals surface area contributed by atoms with Gasteiger partial charge >= 0.3 is 5.97 Å². The van der Waals surface area contributed by atoms with Crippen molar-refractivity contribution in [3.63, 3.8) is 0 Å². The van der Waals surface area contributed by atoms with Crippen molar-refractivity contribution in [2.45, 2.75) is 18.9 Å². The Kier molecular flexibility index (Phi) is 3.51. The number of methoxy groups -OCH3 is 1. The van der Waals surface area contributed by atoms with Crippen molar-refractivity contribution in [3.8, 4) is 0 Å². The zero-order chi connectivity index (χ0) is 11.4. The molecule has 1 unspecified atom stereocenters. The van der Waals surface area contributed by atoms with Crippen molar-refractivity contribution < 1.29 is 9.53 Å². The molecule has 0 aromatic carbocycles. The highest BCUT2D eigenvalue weighted by Crippen LogP contribution is 2.18. The van der Waals surface area contributed by atoms with E-state index in [1.807, 2.05) is 12.3 Å². The van der Waals surface area contributed by atoms with E-state index >= 15 is 0 Å². The van der Waals surface area contributed by atoms with Crippen molar-refractivity contribution in [1.29, 1.82) is 0 Å². The summed E-state index contributed by atoms with van der Waals surface area (Å²) < 4.78 is 4.74. The van der Waals surface area contributed by atoms with Crippen LogP contribution in [0.15, 0.2) is 24.5 Å². The first-order chi connectivity index (χ1) is 7.81. The zero-order valence-electron chi connectivity index (χ0n) is 9.43. The molecular weight excluding hydrogens is 204 g/mol. The van der Waals surface area contributed by atoms with Crippen molar-refractivity contribution in [2.75, 3.05) is 20.2 Å². The molecular formula is C12H16N2O2. The zero-order valence-corrected chi connectivity index (χ0v) is 9.43. The van der Waals surface area contributed by atoms with Crippen molar-refractivity contribution in [1.82, 2.24) is 9.88 Å². The fourth-order valence-corrected chi connectivity index (χ4v) is 1.93. The SMILES string of the molecule is COC(=O)C1CCN1CCc1cccnc1. The largest absolute Gasteiger partial charge is 0.468 e. The normalized spacial score (nSPS) is 20.2. The van der Waals surface area contributed by atoms with E-state index in [9.17, 15) is 4.79 Å². The maximum Gasteiger partial charge on any atom is 0.323 e. The van der Waals surface area contributed by atoms with Crippen molar-refractivity contribution in [2.24, 2.45) is 0 Å². The molecule has 0 aliphatic carbocycles. The molecule has 0 N–H and O–H groups in total. The van der Waals surface area contributed by atoms with Gasteiger partial charge in [0.05, 0.1) is 7.11 Å². The van der Waals surface area contributed by atoms with Crippen LogP contribution in [0, 0.1) is 0 Å². The highest BCUT2D eigenvalue weighted by molar-refractivity contribution is 5.76. The van der Waals surface area contributed by atoms with Crippen LogP contribution >= 0.6 is 0 Å². The average Bonchev–Trinajstić information content (AvgIpc) is 2.29. The molecule has 2 heterocycles.